The first-order valence-corrected chi connectivity index (χ1v) is 8.53. The second kappa shape index (κ2) is 8.15. The van der Waals surface area contributed by atoms with Gasteiger partial charge in [-0.05, 0) is 6.42 Å². The van der Waals surface area contributed by atoms with Gasteiger partial charge >= 0.3 is 6.03 Å². The fourth-order valence-electron chi connectivity index (χ4n) is 2.58. The number of unbranched alkanes of at least 4 members (excludes halogenated alkanes) is 1. The molecule has 1 heterocycles. The number of urea groups is 1. The van der Waals surface area contributed by atoms with Crippen molar-refractivity contribution >= 4 is 12.0 Å². The van der Waals surface area contributed by atoms with E-state index < -0.39 is 0 Å². The number of carbonyl (C=O) groups excluding carboxylic acids is 1. The van der Waals surface area contributed by atoms with Crippen molar-refractivity contribution in [2.45, 2.75) is 19.8 Å². The maximum Gasteiger partial charge on any atom is 0.321 e. The standard InChI is InChI=1S/C20H22N4O/c1-2-3-14-21-20(25)24-19-22-17(15-10-6-4-7-11-15)18(23-19)16-12-8-5-9-13-16/h4-13H,2-3,14H2,1H3,(H3,21,22,23,24,25). The second-order valence-corrected chi connectivity index (χ2v) is 5.78. The summed E-state index contributed by atoms with van der Waals surface area (Å²) >= 11 is 0. The van der Waals surface area contributed by atoms with Gasteiger partial charge in [-0.15, -0.1) is 0 Å². The number of rotatable bonds is 6. The molecule has 0 aliphatic rings. The lowest BCUT2D eigenvalue weighted by Gasteiger charge is -2.04. The highest BCUT2D eigenvalue weighted by molar-refractivity contribution is 5.89. The predicted octanol–water partition coefficient (Wildman–Crippen LogP) is 4.67. The number of aromatic nitrogens is 2. The lowest BCUT2D eigenvalue weighted by Crippen LogP contribution is -2.29. The Balaban J connectivity index is 1.89. The molecule has 0 aliphatic carbocycles. The Kier molecular flexibility index (Phi) is 5.46. The van der Waals surface area contributed by atoms with Crippen LogP contribution in [0, 0.1) is 0 Å². The second-order valence-electron chi connectivity index (χ2n) is 5.78. The molecule has 3 aromatic rings. The maximum atomic E-state index is 12.0. The van der Waals surface area contributed by atoms with Crippen LogP contribution in [0.2, 0.25) is 0 Å². The molecule has 128 valence electrons. The van der Waals surface area contributed by atoms with E-state index in [1.54, 1.807) is 0 Å². The van der Waals surface area contributed by atoms with Crippen molar-refractivity contribution in [2.75, 3.05) is 11.9 Å². The van der Waals surface area contributed by atoms with Crippen molar-refractivity contribution in [2.24, 2.45) is 0 Å². The number of nitrogens with one attached hydrogen (secondary N) is 3. The molecule has 5 nitrogen and oxygen atoms in total. The number of hydrogen-bond acceptors (Lipinski definition) is 2. The molecule has 0 spiro atoms. The van der Waals surface area contributed by atoms with E-state index in [9.17, 15) is 4.79 Å². The summed E-state index contributed by atoms with van der Waals surface area (Å²) in [5, 5.41) is 5.61. The molecule has 3 rings (SSSR count). The number of H-pyrrole nitrogens is 1. The van der Waals surface area contributed by atoms with E-state index in [-0.39, 0.29) is 6.03 Å². The van der Waals surface area contributed by atoms with Crippen LogP contribution in [-0.4, -0.2) is 22.5 Å². The molecule has 2 aromatic carbocycles. The number of carbonyl (C=O) groups is 1. The van der Waals surface area contributed by atoms with E-state index >= 15 is 0 Å². The Morgan fingerprint density at radius 1 is 1.00 bits per heavy atom. The predicted molar refractivity (Wildman–Crippen MR) is 101 cm³/mol. The minimum atomic E-state index is -0.249. The summed E-state index contributed by atoms with van der Waals surface area (Å²) in [5.74, 6) is 0.437. The zero-order valence-electron chi connectivity index (χ0n) is 14.3. The van der Waals surface area contributed by atoms with Gasteiger partial charge in [0, 0.05) is 17.7 Å². The van der Waals surface area contributed by atoms with E-state index in [1.807, 2.05) is 60.7 Å². The summed E-state index contributed by atoms with van der Waals surface area (Å²) in [5.41, 5.74) is 3.72. The Hall–Kier alpha value is -3.08. The molecule has 1 aromatic heterocycles. The zero-order chi connectivity index (χ0) is 17.5. The summed E-state index contributed by atoms with van der Waals surface area (Å²) in [4.78, 5) is 19.8. The van der Waals surface area contributed by atoms with Crippen molar-refractivity contribution in [1.82, 2.24) is 15.3 Å². The summed E-state index contributed by atoms with van der Waals surface area (Å²) in [6, 6.07) is 19.7. The highest BCUT2D eigenvalue weighted by Crippen LogP contribution is 2.31. The lowest BCUT2D eigenvalue weighted by atomic mass is 10.1. The molecule has 0 radical (unpaired) electrons. The number of imidazole rings is 1. The number of benzene rings is 2. The Morgan fingerprint density at radius 3 is 2.28 bits per heavy atom. The average molecular weight is 334 g/mol. The number of hydrogen-bond donors (Lipinski definition) is 3. The third-order valence-corrected chi connectivity index (χ3v) is 3.86. The molecule has 0 saturated heterocycles. The number of nitrogens with zero attached hydrogens (tertiary/aromatic N) is 1. The largest absolute Gasteiger partial charge is 0.338 e. The van der Waals surface area contributed by atoms with Gasteiger partial charge in [-0.25, -0.2) is 9.78 Å². The van der Waals surface area contributed by atoms with Gasteiger partial charge < -0.3 is 10.3 Å². The molecule has 2 amide bonds. The van der Waals surface area contributed by atoms with Crippen LogP contribution in [-0.2, 0) is 0 Å². The van der Waals surface area contributed by atoms with Crippen LogP contribution in [0.5, 0.6) is 0 Å². The van der Waals surface area contributed by atoms with Crippen LogP contribution in [0.25, 0.3) is 22.5 Å². The zero-order valence-corrected chi connectivity index (χ0v) is 14.3. The molecule has 0 saturated carbocycles. The van der Waals surface area contributed by atoms with E-state index in [2.05, 4.69) is 27.5 Å². The van der Waals surface area contributed by atoms with Gasteiger partial charge in [-0.3, -0.25) is 5.32 Å². The molecule has 0 aliphatic heterocycles. The van der Waals surface area contributed by atoms with Crippen LogP contribution in [0.1, 0.15) is 19.8 Å². The molecule has 5 heteroatoms. The van der Waals surface area contributed by atoms with Crippen LogP contribution >= 0.6 is 0 Å². The number of aromatic amines is 1. The van der Waals surface area contributed by atoms with Crippen LogP contribution in [0.3, 0.4) is 0 Å². The topological polar surface area (TPSA) is 69.8 Å². The normalized spacial score (nSPS) is 10.4. The van der Waals surface area contributed by atoms with Crippen molar-refractivity contribution in [3.8, 4) is 22.5 Å². The quantitative estimate of drug-likeness (QED) is 0.574. The molecular weight excluding hydrogens is 312 g/mol. The van der Waals surface area contributed by atoms with Gasteiger partial charge in [0.1, 0.15) is 0 Å². The van der Waals surface area contributed by atoms with Gasteiger partial charge in [0.15, 0.2) is 0 Å². The lowest BCUT2D eigenvalue weighted by molar-refractivity contribution is 0.252. The smallest absolute Gasteiger partial charge is 0.321 e. The first-order chi connectivity index (χ1) is 12.3. The summed E-state index contributed by atoms with van der Waals surface area (Å²) in [6.45, 7) is 2.74. The highest BCUT2D eigenvalue weighted by atomic mass is 16.2. The number of anilines is 1. The molecule has 25 heavy (non-hydrogen) atoms. The van der Waals surface area contributed by atoms with E-state index in [1.165, 1.54) is 0 Å². The molecule has 0 unspecified atom stereocenters. The maximum absolute atomic E-state index is 12.0. The van der Waals surface area contributed by atoms with Crippen molar-refractivity contribution in [1.29, 1.82) is 0 Å². The van der Waals surface area contributed by atoms with Gasteiger partial charge in [0.2, 0.25) is 5.95 Å². The van der Waals surface area contributed by atoms with E-state index in [4.69, 9.17) is 0 Å². The molecular formula is C20H22N4O. The third kappa shape index (κ3) is 4.26. The van der Waals surface area contributed by atoms with Crippen molar-refractivity contribution < 1.29 is 4.79 Å². The average Bonchev–Trinajstić information content (AvgIpc) is 3.07. The van der Waals surface area contributed by atoms with Crippen LogP contribution < -0.4 is 10.6 Å². The van der Waals surface area contributed by atoms with Crippen LogP contribution in [0.15, 0.2) is 60.7 Å². The minimum Gasteiger partial charge on any atom is -0.338 e. The fourth-order valence-corrected chi connectivity index (χ4v) is 2.58. The van der Waals surface area contributed by atoms with Gasteiger partial charge in [-0.1, -0.05) is 74.0 Å². The molecule has 0 atom stereocenters. The monoisotopic (exact) mass is 334 g/mol. The van der Waals surface area contributed by atoms with E-state index in [0.29, 0.717) is 12.5 Å². The Morgan fingerprint density at radius 2 is 1.64 bits per heavy atom. The minimum absolute atomic E-state index is 0.249. The van der Waals surface area contributed by atoms with E-state index in [0.717, 1.165) is 35.4 Å². The summed E-state index contributed by atoms with van der Waals surface area (Å²) in [6.07, 6.45) is 1.99. The molecule has 3 N–H and O–H groups in total. The molecule has 0 fully saturated rings. The Bertz CT molecular complexity index is 755. The SMILES string of the molecule is CCCCNC(=O)Nc1nc(-c2ccccc2)c(-c2ccccc2)[nH]1. The van der Waals surface area contributed by atoms with Crippen molar-refractivity contribution in [3.05, 3.63) is 60.7 Å². The van der Waals surface area contributed by atoms with Crippen molar-refractivity contribution in [3.63, 3.8) is 0 Å². The van der Waals surface area contributed by atoms with Crippen LogP contribution in [0.4, 0.5) is 10.7 Å². The number of amides is 2. The van der Waals surface area contributed by atoms with Gasteiger partial charge in [-0.2, -0.15) is 0 Å². The third-order valence-electron chi connectivity index (χ3n) is 3.86. The Labute approximate surface area is 147 Å². The van der Waals surface area contributed by atoms with Gasteiger partial charge in [0.05, 0.1) is 11.4 Å². The first-order valence-electron chi connectivity index (χ1n) is 8.53. The highest BCUT2D eigenvalue weighted by Gasteiger charge is 2.15. The summed E-state index contributed by atoms with van der Waals surface area (Å²) < 4.78 is 0. The molecule has 0 bridgehead atoms. The fraction of sp³-hybridized carbons (Fsp3) is 0.200. The van der Waals surface area contributed by atoms with Gasteiger partial charge in [0.25, 0.3) is 0 Å². The first kappa shape index (κ1) is 16.8. The summed E-state index contributed by atoms with van der Waals surface area (Å²) in [7, 11) is 0.